The predicted molar refractivity (Wildman–Crippen MR) is 30.9 cm³/mol. The van der Waals surface area contributed by atoms with Crippen molar-refractivity contribution in [2.45, 2.75) is 19.6 Å². The zero-order valence-electron chi connectivity index (χ0n) is 4.53. The minimum Gasteiger partial charge on any atom is -0.747 e. The van der Waals surface area contributed by atoms with Crippen LogP contribution in [0.25, 0.3) is 0 Å². The van der Waals surface area contributed by atoms with Gasteiger partial charge in [-0.1, -0.05) is 7.43 Å². The van der Waals surface area contributed by atoms with E-state index in [4.69, 9.17) is 0 Å². The molecular weight excluding hydrogens is 160 g/mol. The van der Waals surface area contributed by atoms with Crippen molar-refractivity contribution in [2.75, 3.05) is 0 Å². The van der Waals surface area contributed by atoms with Crippen LogP contribution in [0.15, 0.2) is 0 Å². The van der Waals surface area contributed by atoms with Gasteiger partial charge in [-0.05, 0) is 6.92 Å². The van der Waals surface area contributed by atoms with Crippen LogP contribution in [0.5, 0.6) is 0 Å². The van der Waals surface area contributed by atoms with Crippen LogP contribution in [0.1, 0.15) is 14.4 Å². The van der Waals surface area contributed by atoms with Crippen LogP contribution in [0.4, 0.5) is 0 Å². The van der Waals surface area contributed by atoms with Crippen molar-refractivity contribution in [1.29, 1.82) is 0 Å². The van der Waals surface area contributed by atoms with Crippen LogP contribution in [-0.2, 0) is 14.9 Å². The molecular formula is C4H8O5S-2. The third kappa shape index (κ3) is 3.41. The van der Waals surface area contributed by atoms with Crippen molar-refractivity contribution in [3.63, 3.8) is 0 Å². The largest absolute Gasteiger partial charge is 0.747 e. The van der Waals surface area contributed by atoms with E-state index in [2.05, 4.69) is 0 Å². The lowest BCUT2D eigenvalue weighted by atomic mass is 10.5. The third-order valence-corrected chi connectivity index (χ3v) is 1.82. The van der Waals surface area contributed by atoms with Gasteiger partial charge in [-0.15, -0.1) is 0 Å². The van der Waals surface area contributed by atoms with E-state index >= 15 is 0 Å². The fourth-order valence-corrected chi connectivity index (χ4v) is 0.354. The van der Waals surface area contributed by atoms with Gasteiger partial charge >= 0.3 is 0 Å². The van der Waals surface area contributed by atoms with Crippen molar-refractivity contribution in [3.8, 4) is 0 Å². The number of hydrogen-bond donors (Lipinski definition) is 0. The van der Waals surface area contributed by atoms with E-state index in [1.54, 1.807) is 0 Å². The number of hydrogen-bond acceptors (Lipinski definition) is 5. The smallest absolute Gasteiger partial charge is 0.103 e. The highest BCUT2D eigenvalue weighted by Gasteiger charge is 2.09. The molecule has 0 aliphatic heterocycles. The first-order valence-electron chi connectivity index (χ1n) is 2.01. The van der Waals surface area contributed by atoms with Gasteiger partial charge in [-0.25, -0.2) is 8.42 Å². The van der Waals surface area contributed by atoms with Gasteiger partial charge in [0.05, 0.1) is 11.2 Å². The molecule has 0 heterocycles. The van der Waals surface area contributed by atoms with Crippen LogP contribution < -0.4 is 5.11 Å². The summed E-state index contributed by atoms with van der Waals surface area (Å²) in [5, 5.41) is 7.70. The Balaban J connectivity index is 0. The number of rotatable bonds is 2. The van der Waals surface area contributed by atoms with Gasteiger partial charge in [0, 0.05) is 0 Å². The van der Waals surface area contributed by atoms with E-state index in [1.165, 1.54) is 0 Å². The van der Waals surface area contributed by atoms with Crippen molar-refractivity contribution in [2.24, 2.45) is 0 Å². The molecule has 0 fully saturated rings. The second-order valence-corrected chi connectivity index (χ2v) is 3.15. The Hall–Kier alpha value is -0.620. The Kier molecular flexibility index (Phi) is 4.26. The first-order chi connectivity index (χ1) is 3.85. The maximum Gasteiger partial charge on any atom is 0.103 e. The third-order valence-electron chi connectivity index (χ3n) is 0.765. The molecule has 1 atom stereocenters. The molecule has 5 nitrogen and oxygen atoms in total. The summed E-state index contributed by atoms with van der Waals surface area (Å²) in [6, 6.07) is 0. The molecule has 0 aliphatic rings. The molecule has 0 aromatic carbocycles. The van der Waals surface area contributed by atoms with E-state index in [-0.39, 0.29) is 7.43 Å². The van der Waals surface area contributed by atoms with Crippen LogP contribution in [0.2, 0.25) is 0 Å². The van der Waals surface area contributed by atoms with E-state index in [0.717, 1.165) is 6.92 Å². The van der Waals surface area contributed by atoms with E-state index in [1.807, 2.05) is 0 Å². The van der Waals surface area contributed by atoms with Crippen LogP contribution in [-0.4, -0.2) is 24.2 Å². The van der Waals surface area contributed by atoms with Crippen molar-refractivity contribution in [1.82, 2.24) is 0 Å². The number of carboxylic acid groups (broad SMARTS) is 1. The molecule has 0 aromatic rings. The van der Waals surface area contributed by atoms with E-state index in [0.29, 0.717) is 0 Å². The second-order valence-electron chi connectivity index (χ2n) is 1.45. The van der Waals surface area contributed by atoms with Gasteiger partial charge < -0.3 is 14.5 Å². The summed E-state index contributed by atoms with van der Waals surface area (Å²) in [5.74, 6) is -1.87. The molecule has 0 aromatic heterocycles. The number of carbonyl (C=O) groups excluding carboxylic acids is 1. The summed E-state index contributed by atoms with van der Waals surface area (Å²) >= 11 is 0. The standard InChI is InChI=1S/C3H6O5S.CH4/c1-2(3(4)5)9(6,7)8;/h2H,1H3,(H,4,5)(H,6,7,8);1H4/p-2. The second kappa shape index (κ2) is 3.52. The van der Waals surface area contributed by atoms with Gasteiger partial charge in [-0.2, -0.15) is 0 Å². The van der Waals surface area contributed by atoms with Gasteiger partial charge in [0.2, 0.25) is 0 Å². The molecule has 6 heteroatoms. The first kappa shape index (κ1) is 12.1. The fraction of sp³-hybridized carbons (Fsp3) is 0.750. The van der Waals surface area contributed by atoms with E-state index in [9.17, 15) is 22.9 Å². The molecule has 0 rings (SSSR count). The Bertz CT molecular complexity index is 204. The maximum absolute atomic E-state index is 9.80. The van der Waals surface area contributed by atoms with Crippen LogP contribution in [0, 0.1) is 0 Å². The molecule has 0 N–H and O–H groups in total. The molecule has 1 unspecified atom stereocenters. The summed E-state index contributed by atoms with van der Waals surface area (Å²) in [4.78, 5) is 9.66. The zero-order chi connectivity index (χ0) is 7.65. The Morgan fingerprint density at radius 1 is 1.50 bits per heavy atom. The topological polar surface area (TPSA) is 97.3 Å². The molecule has 0 aliphatic carbocycles. The average Bonchev–Trinajstić information content (AvgIpc) is 1.62. The van der Waals surface area contributed by atoms with E-state index < -0.39 is 21.3 Å². The maximum atomic E-state index is 9.80. The monoisotopic (exact) mass is 168 g/mol. The van der Waals surface area contributed by atoms with Crippen molar-refractivity contribution < 1.29 is 22.9 Å². The quantitative estimate of drug-likeness (QED) is 0.458. The fourth-order valence-electron chi connectivity index (χ4n) is 0.118. The number of carbonyl (C=O) groups is 1. The summed E-state index contributed by atoms with van der Waals surface area (Å²) in [7, 11) is -4.71. The lowest BCUT2D eigenvalue weighted by molar-refractivity contribution is -0.304. The molecule has 0 radical (unpaired) electrons. The minimum atomic E-state index is -4.71. The molecule has 0 spiro atoms. The normalized spacial score (nSPS) is 13.4. The summed E-state index contributed by atoms with van der Waals surface area (Å²) in [6.45, 7) is 0.762. The number of aliphatic carboxylic acids is 1. The van der Waals surface area contributed by atoms with Gasteiger partial charge in [0.1, 0.15) is 10.1 Å². The van der Waals surface area contributed by atoms with Crippen LogP contribution >= 0.6 is 0 Å². The summed E-state index contributed by atoms with van der Waals surface area (Å²) in [5.41, 5.74) is 0. The Labute approximate surface area is 59.4 Å². The molecule has 10 heavy (non-hydrogen) atoms. The van der Waals surface area contributed by atoms with Gasteiger partial charge in [0.15, 0.2) is 0 Å². The average molecular weight is 168 g/mol. The highest BCUT2D eigenvalue weighted by Crippen LogP contribution is 1.93. The SMILES string of the molecule is C.CC(C(=O)[O-])S(=O)(=O)[O-]. The summed E-state index contributed by atoms with van der Waals surface area (Å²) in [6.07, 6.45) is 0. The molecule has 0 bridgehead atoms. The zero-order valence-corrected chi connectivity index (χ0v) is 5.34. The van der Waals surface area contributed by atoms with Gasteiger partial charge in [-0.3, -0.25) is 0 Å². The Morgan fingerprint density at radius 2 is 1.80 bits per heavy atom. The number of carboxylic acids is 1. The summed E-state index contributed by atoms with van der Waals surface area (Å²) < 4.78 is 29.4. The molecule has 0 saturated heterocycles. The lowest BCUT2D eigenvalue weighted by Gasteiger charge is -2.15. The molecule has 0 saturated carbocycles. The highest BCUT2D eigenvalue weighted by atomic mass is 32.2. The highest BCUT2D eigenvalue weighted by molar-refractivity contribution is 7.87. The van der Waals surface area contributed by atoms with Gasteiger partial charge in [0.25, 0.3) is 0 Å². The van der Waals surface area contributed by atoms with Crippen molar-refractivity contribution >= 4 is 16.1 Å². The lowest BCUT2D eigenvalue weighted by Crippen LogP contribution is -2.38. The van der Waals surface area contributed by atoms with Crippen molar-refractivity contribution in [3.05, 3.63) is 0 Å². The minimum absolute atomic E-state index is 0. The Morgan fingerprint density at radius 3 is 1.80 bits per heavy atom. The van der Waals surface area contributed by atoms with Crippen LogP contribution in [0.3, 0.4) is 0 Å². The molecule has 0 amide bonds. The predicted octanol–water partition coefficient (Wildman–Crippen LogP) is -1.69. The first-order valence-corrected chi connectivity index (χ1v) is 3.48. The molecule has 62 valence electrons.